The zero-order valence-corrected chi connectivity index (χ0v) is 18.4. The normalized spacial score (nSPS) is 10.7. The third kappa shape index (κ3) is 6.49. The Labute approximate surface area is 175 Å². The van der Waals surface area contributed by atoms with E-state index in [4.69, 9.17) is 16.5 Å². The van der Waals surface area contributed by atoms with Gasteiger partial charge in [-0.05, 0) is 47.9 Å². The Morgan fingerprint density at radius 1 is 1.04 bits per heavy atom. The average Bonchev–Trinajstić information content (AvgIpc) is 2.48. The molecule has 0 spiro atoms. The molecule has 6 heteroatoms. The second-order valence-electron chi connectivity index (χ2n) is 7.93. The highest BCUT2D eigenvalue weighted by Gasteiger charge is 2.22. The molecule has 0 bridgehead atoms. The molecule has 0 aliphatic carbocycles. The van der Waals surface area contributed by atoms with Crippen molar-refractivity contribution in [1.29, 1.82) is 0 Å². The second-order valence-corrected chi connectivity index (χ2v) is 7.93. The number of hydrogen-bond donors (Lipinski definition) is 2. The lowest BCUT2D eigenvalue weighted by Crippen LogP contribution is -2.20. The van der Waals surface area contributed by atoms with Crippen LogP contribution < -0.4 is 11.5 Å². The summed E-state index contributed by atoms with van der Waals surface area (Å²) in [5, 5.41) is 0. The third-order valence-corrected chi connectivity index (χ3v) is 4.28. The van der Waals surface area contributed by atoms with Gasteiger partial charge in [0.15, 0.2) is 0 Å². The van der Waals surface area contributed by atoms with Crippen LogP contribution in [0.2, 0.25) is 0 Å². The first-order valence-electron chi connectivity index (χ1n) is 8.69. The summed E-state index contributed by atoms with van der Waals surface area (Å²) in [4.78, 5) is 16.4. The van der Waals surface area contributed by atoms with Crippen LogP contribution in [0.3, 0.4) is 0 Å². The molecule has 2 aromatic rings. The first-order chi connectivity index (χ1) is 11.6. The standard InChI is InChI=1S/C21H29N3O.2ClH/c1-13-6-8-15(9-7-13)20-16(10-19(23)25)14(2)24-18(17(20)12-22)11-21(3,4)5;;/h6-9H,10-12,22H2,1-5H3,(H2,23,25);2*1H. The molecule has 0 unspecified atom stereocenters. The average molecular weight is 412 g/mol. The van der Waals surface area contributed by atoms with E-state index >= 15 is 0 Å². The van der Waals surface area contributed by atoms with Gasteiger partial charge in [0.2, 0.25) is 5.91 Å². The minimum Gasteiger partial charge on any atom is -0.369 e. The number of nitrogens with zero attached hydrogens (tertiary/aromatic N) is 1. The van der Waals surface area contributed by atoms with Crippen molar-refractivity contribution in [2.75, 3.05) is 0 Å². The van der Waals surface area contributed by atoms with Crippen LogP contribution in [-0.4, -0.2) is 10.9 Å². The Morgan fingerprint density at radius 3 is 2.04 bits per heavy atom. The third-order valence-electron chi connectivity index (χ3n) is 4.28. The number of halogens is 2. The van der Waals surface area contributed by atoms with Gasteiger partial charge in [0.1, 0.15) is 0 Å². The van der Waals surface area contributed by atoms with E-state index in [9.17, 15) is 4.79 Å². The molecule has 0 fully saturated rings. The Morgan fingerprint density at radius 2 is 1.59 bits per heavy atom. The number of carbonyl (C=O) groups is 1. The Hall–Kier alpha value is -1.62. The number of amides is 1. The van der Waals surface area contributed by atoms with Crippen molar-refractivity contribution in [2.45, 2.75) is 54.0 Å². The summed E-state index contributed by atoms with van der Waals surface area (Å²) in [5.41, 5.74) is 18.8. The van der Waals surface area contributed by atoms with Crippen LogP contribution in [0.5, 0.6) is 0 Å². The smallest absolute Gasteiger partial charge is 0.221 e. The summed E-state index contributed by atoms with van der Waals surface area (Å²) in [6.07, 6.45) is 1.00. The van der Waals surface area contributed by atoms with Gasteiger partial charge in [-0.2, -0.15) is 0 Å². The van der Waals surface area contributed by atoms with Gasteiger partial charge in [-0.15, -0.1) is 24.8 Å². The van der Waals surface area contributed by atoms with E-state index in [-0.39, 0.29) is 42.6 Å². The lowest BCUT2D eigenvalue weighted by Gasteiger charge is -2.24. The highest BCUT2D eigenvalue weighted by atomic mass is 35.5. The number of aryl methyl sites for hydroxylation is 2. The number of hydrogen-bond acceptors (Lipinski definition) is 3. The number of aromatic nitrogens is 1. The van der Waals surface area contributed by atoms with Gasteiger partial charge in [0.05, 0.1) is 6.42 Å². The molecule has 1 aromatic heterocycles. The molecule has 0 aliphatic heterocycles. The SMILES string of the molecule is Cc1ccc(-c2c(CC(N)=O)c(C)nc(CC(C)(C)C)c2CN)cc1.Cl.Cl. The molecule has 0 saturated carbocycles. The van der Waals surface area contributed by atoms with Crippen LogP contribution >= 0.6 is 24.8 Å². The molecule has 1 amide bonds. The van der Waals surface area contributed by atoms with Crippen LogP contribution in [-0.2, 0) is 24.2 Å². The zero-order chi connectivity index (χ0) is 18.8. The monoisotopic (exact) mass is 411 g/mol. The minimum atomic E-state index is -0.357. The molecule has 0 saturated heterocycles. The number of benzene rings is 1. The van der Waals surface area contributed by atoms with Crippen molar-refractivity contribution in [3.63, 3.8) is 0 Å². The van der Waals surface area contributed by atoms with E-state index in [1.165, 1.54) is 5.56 Å². The van der Waals surface area contributed by atoms with E-state index in [1.807, 2.05) is 6.92 Å². The van der Waals surface area contributed by atoms with Crippen molar-refractivity contribution in [2.24, 2.45) is 16.9 Å². The van der Waals surface area contributed by atoms with Crippen LogP contribution in [0.15, 0.2) is 24.3 Å². The topological polar surface area (TPSA) is 82.0 Å². The number of nitrogens with two attached hydrogens (primary N) is 2. The number of primary amides is 1. The van der Waals surface area contributed by atoms with Crippen molar-refractivity contribution in [3.8, 4) is 11.1 Å². The van der Waals surface area contributed by atoms with Gasteiger partial charge in [-0.3, -0.25) is 9.78 Å². The fraction of sp³-hybridized carbons (Fsp3) is 0.429. The molecular weight excluding hydrogens is 381 g/mol. The molecule has 2 rings (SSSR count). The lowest BCUT2D eigenvalue weighted by molar-refractivity contribution is -0.117. The first kappa shape index (κ1) is 25.4. The Kier molecular flexibility index (Phi) is 9.47. The first-order valence-corrected chi connectivity index (χ1v) is 8.69. The predicted molar refractivity (Wildman–Crippen MR) is 118 cm³/mol. The molecule has 0 aliphatic rings. The molecule has 4 N–H and O–H groups in total. The van der Waals surface area contributed by atoms with E-state index in [0.29, 0.717) is 6.54 Å². The zero-order valence-electron chi connectivity index (χ0n) is 16.8. The molecular formula is C21H31Cl2N3O. The second kappa shape index (κ2) is 10.1. The molecule has 4 nitrogen and oxygen atoms in total. The van der Waals surface area contributed by atoms with Crippen molar-refractivity contribution < 1.29 is 4.79 Å². The van der Waals surface area contributed by atoms with Gasteiger partial charge < -0.3 is 11.5 Å². The molecule has 0 atom stereocenters. The van der Waals surface area contributed by atoms with Gasteiger partial charge in [-0.1, -0.05) is 50.6 Å². The predicted octanol–water partition coefficient (Wildman–Crippen LogP) is 4.28. The molecule has 150 valence electrons. The highest BCUT2D eigenvalue weighted by Crippen LogP contribution is 2.34. The van der Waals surface area contributed by atoms with Crippen molar-refractivity contribution in [3.05, 3.63) is 52.3 Å². The maximum absolute atomic E-state index is 11.6. The summed E-state index contributed by atoms with van der Waals surface area (Å²) >= 11 is 0. The summed E-state index contributed by atoms with van der Waals surface area (Å²) in [6, 6.07) is 8.30. The number of carbonyl (C=O) groups excluding carboxylic acids is 1. The quantitative estimate of drug-likeness (QED) is 0.769. The Bertz CT molecular complexity index is 781. The lowest BCUT2D eigenvalue weighted by atomic mass is 9.84. The van der Waals surface area contributed by atoms with Gasteiger partial charge >= 0.3 is 0 Å². The van der Waals surface area contributed by atoms with Gasteiger partial charge in [0.25, 0.3) is 0 Å². The van der Waals surface area contributed by atoms with Crippen LogP contribution in [0.4, 0.5) is 0 Å². The van der Waals surface area contributed by atoms with E-state index in [0.717, 1.165) is 40.1 Å². The summed E-state index contributed by atoms with van der Waals surface area (Å²) < 4.78 is 0. The van der Waals surface area contributed by atoms with Crippen LogP contribution in [0.1, 0.15) is 48.8 Å². The fourth-order valence-electron chi connectivity index (χ4n) is 3.17. The largest absolute Gasteiger partial charge is 0.369 e. The summed E-state index contributed by atoms with van der Waals surface area (Å²) in [7, 11) is 0. The minimum absolute atomic E-state index is 0. The Balaban J connectivity index is 0.00000338. The fourth-order valence-corrected chi connectivity index (χ4v) is 3.17. The summed E-state index contributed by atoms with van der Waals surface area (Å²) in [6.45, 7) is 10.9. The maximum Gasteiger partial charge on any atom is 0.221 e. The van der Waals surface area contributed by atoms with E-state index in [1.54, 1.807) is 0 Å². The molecule has 1 heterocycles. The van der Waals surface area contributed by atoms with Crippen molar-refractivity contribution in [1.82, 2.24) is 4.98 Å². The van der Waals surface area contributed by atoms with Gasteiger partial charge in [0, 0.05) is 17.9 Å². The number of rotatable bonds is 5. The van der Waals surface area contributed by atoms with E-state index in [2.05, 4.69) is 52.0 Å². The number of pyridine rings is 1. The van der Waals surface area contributed by atoms with Crippen molar-refractivity contribution >= 4 is 30.7 Å². The van der Waals surface area contributed by atoms with Crippen LogP contribution in [0.25, 0.3) is 11.1 Å². The molecule has 27 heavy (non-hydrogen) atoms. The molecule has 1 aromatic carbocycles. The van der Waals surface area contributed by atoms with Crippen LogP contribution in [0, 0.1) is 19.3 Å². The summed E-state index contributed by atoms with van der Waals surface area (Å²) in [5.74, 6) is -0.357. The molecule has 0 radical (unpaired) electrons. The van der Waals surface area contributed by atoms with E-state index < -0.39 is 0 Å². The van der Waals surface area contributed by atoms with Gasteiger partial charge in [-0.25, -0.2) is 0 Å². The maximum atomic E-state index is 11.6. The highest BCUT2D eigenvalue weighted by molar-refractivity contribution is 5.85.